The molecule has 0 saturated heterocycles. The molecule has 2 aromatic carbocycles. The first kappa shape index (κ1) is 18.0. The molecule has 0 bridgehead atoms. The number of nitrogens with zero attached hydrogens (tertiary/aromatic N) is 1. The fourth-order valence-electron chi connectivity index (χ4n) is 1.91. The molecule has 0 aliphatic heterocycles. The van der Waals surface area contributed by atoms with E-state index in [4.69, 9.17) is 5.26 Å². The van der Waals surface area contributed by atoms with Crippen LogP contribution in [0, 0.1) is 11.3 Å². The first-order valence-electron chi connectivity index (χ1n) is 6.89. The highest BCUT2D eigenvalue weighted by molar-refractivity contribution is 7.98. The number of carbonyl (C=O) groups excluding carboxylic acids is 1. The van der Waals surface area contributed by atoms with Gasteiger partial charge in [-0.2, -0.15) is 5.26 Å². The summed E-state index contributed by atoms with van der Waals surface area (Å²) < 4.78 is 26.6. The normalized spacial score (nSPS) is 10.8. The Balaban J connectivity index is 2.01. The van der Waals surface area contributed by atoms with Gasteiger partial charge in [-0.1, -0.05) is 12.1 Å². The van der Waals surface area contributed by atoms with Crippen LogP contribution < -0.4 is 10.0 Å². The summed E-state index contributed by atoms with van der Waals surface area (Å²) in [7, 11) is -3.94. The highest BCUT2D eigenvalue weighted by Gasteiger charge is 2.19. The van der Waals surface area contributed by atoms with E-state index in [0.717, 1.165) is 4.90 Å². The van der Waals surface area contributed by atoms with E-state index in [1.54, 1.807) is 30.0 Å². The first-order chi connectivity index (χ1) is 11.5. The molecule has 0 radical (unpaired) electrons. The van der Waals surface area contributed by atoms with Crippen LogP contribution in [-0.4, -0.2) is 27.1 Å². The van der Waals surface area contributed by atoms with Gasteiger partial charge in [-0.05, 0) is 42.7 Å². The number of nitriles is 1. The predicted molar refractivity (Wildman–Crippen MR) is 93.2 cm³/mol. The summed E-state index contributed by atoms with van der Waals surface area (Å²) in [5.41, 5.74) is 0.604. The Labute approximate surface area is 144 Å². The van der Waals surface area contributed by atoms with E-state index in [2.05, 4.69) is 10.0 Å². The van der Waals surface area contributed by atoms with E-state index in [-0.39, 0.29) is 10.5 Å². The minimum atomic E-state index is -3.94. The fraction of sp³-hybridized carbons (Fsp3) is 0.125. The largest absolute Gasteiger partial charge is 0.325 e. The molecule has 0 saturated carbocycles. The number of hydrogen-bond donors (Lipinski definition) is 2. The van der Waals surface area contributed by atoms with Crippen LogP contribution in [0.2, 0.25) is 0 Å². The Morgan fingerprint density at radius 2 is 1.83 bits per heavy atom. The van der Waals surface area contributed by atoms with Crippen LogP contribution in [0.25, 0.3) is 0 Å². The number of benzene rings is 2. The van der Waals surface area contributed by atoms with E-state index in [0.29, 0.717) is 5.69 Å². The molecule has 0 aliphatic carbocycles. The summed E-state index contributed by atoms with van der Waals surface area (Å²) in [6, 6.07) is 14.8. The van der Waals surface area contributed by atoms with Crippen molar-refractivity contribution >= 4 is 33.4 Å². The zero-order valence-electron chi connectivity index (χ0n) is 12.8. The van der Waals surface area contributed by atoms with Crippen LogP contribution in [0.4, 0.5) is 5.69 Å². The van der Waals surface area contributed by atoms with E-state index in [1.807, 2.05) is 24.5 Å². The van der Waals surface area contributed by atoms with Crippen LogP contribution in [0.5, 0.6) is 0 Å². The third kappa shape index (κ3) is 4.58. The maximum atomic E-state index is 12.2. The number of carbonyl (C=O) groups is 1. The topological polar surface area (TPSA) is 99.1 Å². The number of amides is 1. The molecule has 124 valence electrons. The zero-order valence-corrected chi connectivity index (χ0v) is 14.4. The Hall–Kier alpha value is -2.34. The summed E-state index contributed by atoms with van der Waals surface area (Å²) in [6.45, 7) is -0.424. The van der Waals surface area contributed by atoms with Gasteiger partial charge in [-0.25, -0.2) is 13.1 Å². The maximum Gasteiger partial charge on any atom is 0.242 e. The average Bonchev–Trinajstić information content (AvgIpc) is 2.60. The lowest BCUT2D eigenvalue weighted by molar-refractivity contribution is -0.115. The number of nitrogens with one attached hydrogen (secondary N) is 2. The highest BCUT2D eigenvalue weighted by Crippen LogP contribution is 2.17. The quantitative estimate of drug-likeness (QED) is 0.769. The van der Waals surface area contributed by atoms with Crippen molar-refractivity contribution in [3.63, 3.8) is 0 Å². The Kier molecular flexibility index (Phi) is 5.98. The predicted octanol–water partition coefficient (Wildman–Crippen LogP) is 2.20. The Bertz CT molecular complexity index is 872. The molecule has 6 nitrogen and oxygen atoms in total. The van der Waals surface area contributed by atoms with E-state index < -0.39 is 22.5 Å². The van der Waals surface area contributed by atoms with Gasteiger partial charge in [0, 0.05) is 10.6 Å². The molecule has 1 amide bonds. The van der Waals surface area contributed by atoms with Crippen molar-refractivity contribution < 1.29 is 13.2 Å². The molecule has 0 aromatic heterocycles. The SMILES string of the molecule is CSc1ccc(NC(=O)CNS(=O)(=O)c2ccccc2C#N)cc1. The minimum absolute atomic E-state index is 0.0260. The van der Waals surface area contributed by atoms with Crippen LogP contribution in [0.1, 0.15) is 5.56 Å². The number of hydrogen-bond acceptors (Lipinski definition) is 5. The number of thioether (sulfide) groups is 1. The van der Waals surface area contributed by atoms with Gasteiger partial charge >= 0.3 is 0 Å². The van der Waals surface area contributed by atoms with Crippen molar-refractivity contribution in [1.29, 1.82) is 5.26 Å². The lowest BCUT2D eigenvalue weighted by atomic mass is 10.2. The molecular formula is C16H15N3O3S2. The van der Waals surface area contributed by atoms with Crippen LogP contribution >= 0.6 is 11.8 Å². The fourth-order valence-corrected chi connectivity index (χ4v) is 3.46. The summed E-state index contributed by atoms with van der Waals surface area (Å²) in [6.07, 6.45) is 1.95. The molecular weight excluding hydrogens is 346 g/mol. The van der Waals surface area contributed by atoms with Crippen molar-refractivity contribution in [1.82, 2.24) is 4.72 Å². The van der Waals surface area contributed by atoms with E-state index in [9.17, 15) is 13.2 Å². The van der Waals surface area contributed by atoms with E-state index in [1.165, 1.54) is 18.2 Å². The van der Waals surface area contributed by atoms with Gasteiger partial charge in [0.2, 0.25) is 15.9 Å². The second kappa shape index (κ2) is 7.97. The van der Waals surface area contributed by atoms with Crippen LogP contribution in [-0.2, 0) is 14.8 Å². The monoisotopic (exact) mass is 361 g/mol. The Morgan fingerprint density at radius 1 is 1.17 bits per heavy atom. The van der Waals surface area contributed by atoms with Crippen molar-refractivity contribution in [3.05, 3.63) is 54.1 Å². The van der Waals surface area contributed by atoms with Gasteiger partial charge in [0.25, 0.3) is 0 Å². The maximum absolute atomic E-state index is 12.2. The summed E-state index contributed by atoms with van der Waals surface area (Å²) in [5.74, 6) is -0.495. The molecule has 0 aliphatic rings. The molecule has 0 heterocycles. The molecule has 0 spiro atoms. The molecule has 2 rings (SSSR count). The molecule has 0 atom stereocenters. The van der Waals surface area contributed by atoms with Gasteiger partial charge in [-0.15, -0.1) is 11.8 Å². The van der Waals surface area contributed by atoms with Crippen LogP contribution in [0.3, 0.4) is 0 Å². The van der Waals surface area contributed by atoms with Gasteiger partial charge in [0.1, 0.15) is 6.07 Å². The lowest BCUT2D eigenvalue weighted by Gasteiger charge is -2.09. The summed E-state index contributed by atoms with van der Waals surface area (Å²) >= 11 is 1.58. The third-order valence-corrected chi connectivity index (χ3v) is 5.30. The zero-order chi connectivity index (χ0) is 17.6. The van der Waals surface area contributed by atoms with Gasteiger partial charge in [0.05, 0.1) is 17.0 Å². The average molecular weight is 361 g/mol. The molecule has 8 heteroatoms. The second-order valence-electron chi connectivity index (χ2n) is 4.71. The third-order valence-electron chi connectivity index (χ3n) is 3.09. The number of anilines is 1. The summed E-state index contributed by atoms with van der Waals surface area (Å²) in [5, 5.41) is 11.6. The molecule has 0 fully saturated rings. The molecule has 2 N–H and O–H groups in total. The smallest absolute Gasteiger partial charge is 0.242 e. The van der Waals surface area contributed by atoms with Gasteiger partial charge in [-0.3, -0.25) is 4.79 Å². The molecule has 0 unspecified atom stereocenters. The minimum Gasteiger partial charge on any atom is -0.325 e. The van der Waals surface area contributed by atoms with Crippen molar-refractivity contribution in [3.8, 4) is 6.07 Å². The summed E-state index contributed by atoms with van der Waals surface area (Å²) in [4.78, 5) is 12.8. The van der Waals surface area contributed by atoms with E-state index >= 15 is 0 Å². The molecule has 24 heavy (non-hydrogen) atoms. The van der Waals surface area contributed by atoms with Crippen molar-refractivity contribution in [2.24, 2.45) is 0 Å². The van der Waals surface area contributed by atoms with Gasteiger partial charge < -0.3 is 5.32 Å². The van der Waals surface area contributed by atoms with Crippen molar-refractivity contribution in [2.75, 3.05) is 18.1 Å². The van der Waals surface area contributed by atoms with Gasteiger partial charge in [0.15, 0.2) is 0 Å². The second-order valence-corrected chi connectivity index (χ2v) is 7.32. The van der Waals surface area contributed by atoms with Crippen LogP contribution in [0.15, 0.2) is 58.3 Å². The highest BCUT2D eigenvalue weighted by atomic mass is 32.2. The number of rotatable bonds is 6. The first-order valence-corrected chi connectivity index (χ1v) is 9.60. The molecule has 2 aromatic rings. The standard InChI is InChI=1S/C16H15N3O3S2/c1-23-14-8-6-13(7-9-14)19-16(20)11-18-24(21,22)15-5-3-2-4-12(15)10-17/h2-9,18H,11H2,1H3,(H,19,20). The van der Waals surface area contributed by atoms with Crippen molar-refractivity contribution in [2.45, 2.75) is 9.79 Å². The lowest BCUT2D eigenvalue weighted by Crippen LogP contribution is -2.33. The Morgan fingerprint density at radius 3 is 2.46 bits per heavy atom. The number of sulfonamides is 1.